The number of hydrogen-bond acceptors (Lipinski definition) is 4. The lowest BCUT2D eigenvalue weighted by atomic mass is 10.2. The monoisotopic (exact) mass is 261 g/mol. The molecule has 1 N–H and O–H groups in total. The molecule has 0 unspecified atom stereocenters. The maximum atomic E-state index is 11.9. The molecular weight excluding hydrogens is 250 g/mol. The zero-order valence-electron chi connectivity index (χ0n) is 9.71. The van der Waals surface area contributed by atoms with Crippen molar-refractivity contribution in [2.45, 2.75) is 13.5 Å². The van der Waals surface area contributed by atoms with Gasteiger partial charge in [0.05, 0.1) is 24.1 Å². The van der Waals surface area contributed by atoms with E-state index in [1.165, 1.54) is 6.26 Å². The van der Waals surface area contributed by atoms with E-state index in [1.54, 1.807) is 24.3 Å². The van der Waals surface area contributed by atoms with Gasteiger partial charge in [0.25, 0.3) is 5.91 Å². The van der Waals surface area contributed by atoms with E-state index in [2.05, 4.69) is 10.3 Å². The van der Waals surface area contributed by atoms with Gasteiger partial charge < -0.3 is 9.73 Å². The van der Waals surface area contributed by atoms with Gasteiger partial charge in [-0.25, -0.2) is 4.98 Å². The number of imidazole rings is 1. The standard InChI is InChI=1S/C12H11N3O2S/c1-8-10(2-4-17-8)11(16)13-6-9-7-15-3-5-18-12(15)14-9/h2-5,7H,6H2,1H3,(H,13,16). The molecule has 0 radical (unpaired) electrons. The van der Waals surface area contributed by atoms with Gasteiger partial charge in [-0.15, -0.1) is 11.3 Å². The van der Waals surface area contributed by atoms with Crippen LogP contribution in [-0.2, 0) is 6.54 Å². The molecule has 92 valence electrons. The summed E-state index contributed by atoms with van der Waals surface area (Å²) in [5.74, 6) is 0.482. The fraction of sp³-hybridized carbons (Fsp3) is 0.167. The number of aromatic nitrogens is 2. The second-order valence-corrected chi connectivity index (χ2v) is 4.77. The molecule has 3 rings (SSSR count). The van der Waals surface area contributed by atoms with Gasteiger partial charge in [0.15, 0.2) is 4.96 Å². The predicted molar refractivity (Wildman–Crippen MR) is 67.7 cm³/mol. The highest BCUT2D eigenvalue weighted by Gasteiger charge is 2.11. The van der Waals surface area contributed by atoms with Crippen LogP contribution < -0.4 is 5.32 Å². The summed E-state index contributed by atoms with van der Waals surface area (Å²) in [6, 6.07) is 1.66. The van der Waals surface area contributed by atoms with Crippen LogP contribution in [0, 0.1) is 6.92 Å². The Kier molecular flexibility index (Phi) is 2.64. The lowest BCUT2D eigenvalue weighted by Crippen LogP contribution is -2.23. The summed E-state index contributed by atoms with van der Waals surface area (Å²) in [4.78, 5) is 17.2. The van der Waals surface area contributed by atoms with Crippen molar-refractivity contribution in [3.05, 3.63) is 47.1 Å². The third-order valence-electron chi connectivity index (χ3n) is 2.68. The molecule has 0 spiro atoms. The van der Waals surface area contributed by atoms with Crippen LogP contribution in [-0.4, -0.2) is 15.3 Å². The number of carbonyl (C=O) groups is 1. The number of aryl methyl sites for hydroxylation is 1. The van der Waals surface area contributed by atoms with E-state index in [0.29, 0.717) is 17.9 Å². The number of amides is 1. The predicted octanol–water partition coefficient (Wildman–Crippen LogP) is 2.23. The van der Waals surface area contributed by atoms with Gasteiger partial charge >= 0.3 is 0 Å². The first-order valence-electron chi connectivity index (χ1n) is 5.47. The van der Waals surface area contributed by atoms with Gasteiger partial charge in [-0.3, -0.25) is 9.20 Å². The van der Waals surface area contributed by atoms with E-state index in [4.69, 9.17) is 4.42 Å². The zero-order valence-corrected chi connectivity index (χ0v) is 10.5. The van der Waals surface area contributed by atoms with Crippen molar-refractivity contribution in [2.24, 2.45) is 0 Å². The van der Waals surface area contributed by atoms with Crippen LogP contribution >= 0.6 is 11.3 Å². The second kappa shape index (κ2) is 4.30. The van der Waals surface area contributed by atoms with Crippen LogP contribution in [0.1, 0.15) is 21.8 Å². The van der Waals surface area contributed by atoms with Crippen molar-refractivity contribution in [3.63, 3.8) is 0 Å². The summed E-state index contributed by atoms with van der Waals surface area (Å²) in [6.07, 6.45) is 5.36. The van der Waals surface area contributed by atoms with Gasteiger partial charge in [-0.05, 0) is 13.0 Å². The van der Waals surface area contributed by atoms with Crippen molar-refractivity contribution >= 4 is 22.2 Å². The number of nitrogens with one attached hydrogen (secondary N) is 1. The average molecular weight is 261 g/mol. The topological polar surface area (TPSA) is 59.5 Å². The minimum atomic E-state index is -0.141. The van der Waals surface area contributed by atoms with E-state index in [1.807, 2.05) is 22.2 Å². The van der Waals surface area contributed by atoms with Crippen LogP contribution in [0.5, 0.6) is 0 Å². The molecule has 0 aliphatic heterocycles. The second-order valence-electron chi connectivity index (χ2n) is 3.90. The molecule has 0 saturated heterocycles. The first kappa shape index (κ1) is 11.0. The highest BCUT2D eigenvalue weighted by atomic mass is 32.1. The third-order valence-corrected chi connectivity index (χ3v) is 3.45. The van der Waals surface area contributed by atoms with E-state index >= 15 is 0 Å². The van der Waals surface area contributed by atoms with Crippen molar-refractivity contribution in [1.29, 1.82) is 0 Å². The lowest BCUT2D eigenvalue weighted by Gasteiger charge is -2.01. The molecule has 3 heterocycles. The number of rotatable bonds is 3. The van der Waals surface area contributed by atoms with Gasteiger partial charge in [0, 0.05) is 17.8 Å². The summed E-state index contributed by atoms with van der Waals surface area (Å²) in [7, 11) is 0. The Morgan fingerprint density at radius 3 is 3.22 bits per heavy atom. The summed E-state index contributed by atoms with van der Waals surface area (Å²) < 4.78 is 7.03. The number of carbonyl (C=O) groups excluding carboxylic acids is 1. The minimum Gasteiger partial charge on any atom is -0.469 e. The molecule has 0 fully saturated rings. The maximum Gasteiger partial charge on any atom is 0.255 e. The largest absolute Gasteiger partial charge is 0.469 e. The maximum absolute atomic E-state index is 11.9. The number of furan rings is 1. The Hall–Kier alpha value is -2.08. The molecule has 0 aliphatic carbocycles. The number of hydrogen-bond donors (Lipinski definition) is 1. The van der Waals surface area contributed by atoms with E-state index in [-0.39, 0.29) is 5.91 Å². The van der Waals surface area contributed by atoms with Crippen LogP contribution in [0.2, 0.25) is 0 Å². The highest BCUT2D eigenvalue weighted by molar-refractivity contribution is 7.15. The molecule has 3 aromatic heterocycles. The Morgan fingerprint density at radius 2 is 2.50 bits per heavy atom. The van der Waals surface area contributed by atoms with Crippen molar-refractivity contribution in [1.82, 2.24) is 14.7 Å². The van der Waals surface area contributed by atoms with E-state index < -0.39 is 0 Å². The van der Waals surface area contributed by atoms with Gasteiger partial charge in [0.2, 0.25) is 0 Å². The smallest absolute Gasteiger partial charge is 0.255 e. The molecule has 3 aromatic rings. The Labute approximate surface area is 107 Å². The summed E-state index contributed by atoms with van der Waals surface area (Å²) in [5.41, 5.74) is 1.41. The molecule has 0 saturated carbocycles. The van der Waals surface area contributed by atoms with Gasteiger partial charge in [-0.1, -0.05) is 0 Å². The summed E-state index contributed by atoms with van der Waals surface area (Å²) in [5, 5.41) is 4.79. The molecule has 6 heteroatoms. The number of nitrogens with zero attached hydrogens (tertiary/aromatic N) is 2. The summed E-state index contributed by atoms with van der Waals surface area (Å²) in [6.45, 7) is 2.18. The van der Waals surface area contributed by atoms with Crippen molar-refractivity contribution in [2.75, 3.05) is 0 Å². The van der Waals surface area contributed by atoms with E-state index in [9.17, 15) is 4.79 Å². The molecule has 18 heavy (non-hydrogen) atoms. The molecule has 5 nitrogen and oxygen atoms in total. The molecule has 0 atom stereocenters. The Balaban J connectivity index is 1.69. The van der Waals surface area contributed by atoms with Crippen molar-refractivity contribution < 1.29 is 9.21 Å². The fourth-order valence-electron chi connectivity index (χ4n) is 1.75. The lowest BCUT2D eigenvalue weighted by molar-refractivity contribution is 0.0949. The molecular formula is C12H11N3O2S. The fourth-order valence-corrected chi connectivity index (χ4v) is 2.47. The highest BCUT2D eigenvalue weighted by Crippen LogP contribution is 2.12. The SMILES string of the molecule is Cc1occc1C(=O)NCc1cn2ccsc2n1. The normalized spacial score (nSPS) is 10.9. The number of thiazole rings is 1. The van der Waals surface area contributed by atoms with Gasteiger partial charge in [0.1, 0.15) is 5.76 Å². The first-order chi connectivity index (χ1) is 8.74. The Bertz CT molecular complexity index is 666. The molecule has 1 amide bonds. The third kappa shape index (κ3) is 1.91. The van der Waals surface area contributed by atoms with Crippen LogP contribution in [0.4, 0.5) is 0 Å². The minimum absolute atomic E-state index is 0.141. The molecule has 0 aromatic carbocycles. The average Bonchev–Trinajstić information content (AvgIpc) is 3.00. The first-order valence-corrected chi connectivity index (χ1v) is 6.35. The summed E-state index contributed by atoms with van der Waals surface area (Å²) >= 11 is 1.57. The van der Waals surface area contributed by atoms with E-state index in [0.717, 1.165) is 10.7 Å². The van der Waals surface area contributed by atoms with Crippen LogP contribution in [0.25, 0.3) is 4.96 Å². The Morgan fingerprint density at radius 1 is 1.61 bits per heavy atom. The molecule has 0 aliphatic rings. The van der Waals surface area contributed by atoms with Crippen molar-refractivity contribution in [3.8, 4) is 0 Å². The molecule has 0 bridgehead atoms. The number of fused-ring (bicyclic) bond motifs is 1. The van der Waals surface area contributed by atoms with Crippen LogP contribution in [0.3, 0.4) is 0 Å². The van der Waals surface area contributed by atoms with Gasteiger partial charge in [-0.2, -0.15) is 0 Å². The quantitative estimate of drug-likeness (QED) is 0.786. The van der Waals surface area contributed by atoms with Crippen LogP contribution in [0.15, 0.2) is 34.5 Å². The zero-order chi connectivity index (χ0) is 12.5.